The first kappa shape index (κ1) is 43.7. The van der Waals surface area contributed by atoms with Crippen LogP contribution in [0.2, 0.25) is 0 Å². The molecule has 0 atom stereocenters. The van der Waals surface area contributed by atoms with Gasteiger partial charge in [0.15, 0.2) is 0 Å². The average molecular weight is 948 g/mol. The van der Waals surface area contributed by atoms with E-state index in [0.717, 1.165) is 106 Å². The fraction of sp³-hybridized carbons (Fsp3) is 0. The highest BCUT2D eigenvalue weighted by molar-refractivity contribution is 7.25. The van der Waals surface area contributed by atoms with Gasteiger partial charge in [0.2, 0.25) is 0 Å². The molecule has 4 heteroatoms. The van der Waals surface area contributed by atoms with E-state index in [-0.39, 0.29) is 0 Å². The van der Waals surface area contributed by atoms with Crippen molar-refractivity contribution in [2.24, 2.45) is 0 Å². The fourth-order valence-corrected chi connectivity index (χ4v) is 11.5. The van der Waals surface area contributed by atoms with Crippen molar-refractivity contribution in [2.75, 3.05) is 0 Å². The normalized spacial score (nSPS) is 11.3. The fourth-order valence-electron chi connectivity index (χ4n) is 10.3. The van der Waals surface area contributed by atoms with Gasteiger partial charge in [-0.1, -0.05) is 182 Å². The average Bonchev–Trinajstić information content (AvgIpc) is 3.86. The highest BCUT2D eigenvalue weighted by atomic mass is 32.1. The van der Waals surface area contributed by atoms with Gasteiger partial charge in [0.1, 0.15) is 0 Å². The molecule has 0 N–H and O–H groups in total. The van der Waals surface area contributed by atoms with Crippen molar-refractivity contribution in [2.45, 2.75) is 0 Å². The van der Waals surface area contributed by atoms with E-state index < -0.39 is 0 Å². The molecule has 342 valence electrons. The van der Waals surface area contributed by atoms with Gasteiger partial charge in [0.05, 0.1) is 17.1 Å². The van der Waals surface area contributed by atoms with Crippen molar-refractivity contribution in [3.05, 3.63) is 273 Å². The van der Waals surface area contributed by atoms with E-state index in [1.165, 1.54) is 25.7 Å². The summed E-state index contributed by atoms with van der Waals surface area (Å²) in [7, 11) is 0. The summed E-state index contributed by atoms with van der Waals surface area (Å²) in [5.74, 6) is 0. The van der Waals surface area contributed by atoms with Gasteiger partial charge >= 0.3 is 0 Å². The first-order valence-corrected chi connectivity index (χ1v) is 25.4. The highest BCUT2D eigenvalue weighted by Gasteiger charge is 2.19. The predicted octanol–water partition coefficient (Wildman–Crippen LogP) is 18.9. The Morgan fingerprint density at radius 2 is 0.575 bits per heavy atom. The number of rotatable bonds is 10. The van der Waals surface area contributed by atoms with Crippen LogP contribution >= 0.6 is 11.3 Å². The maximum Gasteiger partial charge on any atom is 0.0702 e. The number of benzene rings is 9. The number of pyridine rings is 3. The SMILES string of the molecule is c1ccc(-c2ccc(-c3ccccc3-c3cc(-c4ccccc4-c4ccc(-c5ccccn5)cc4)cc(-c4ccccc4-c4ccc(-c5ccccn5)cc4-c4ccc5c(c4)sc4ccccc45)c3)cc2)nc1. The third-order valence-corrected chi connectivity index (χ3v) is 15.1. The van der Waals surface area contributed by atoms with E-state index in [1.54, 1.807) is 0 Å². The van der Waals surface area contributed by atoms with Crippen LogP contribution in [0.1, 0.15) is 0 Å². The van der Waals surface area contributed by atoms with Gasteiger partial charge in [-0.05, 0) is 151 Å². The summed E-state index contributed by atoms with van der Waals surface area (Å²) >= 11 is 1.85. The molecular formula is C69H45N3S. The zero-order valence-corrected chi connectivity index (χ0v) is 40.5. The Bertz CT molecular complexity index is 3960. The molecule has 9 aromatic carbocycles. The molecule has 0 saturated heterocycles. The van der Waals surface area contributed by atoms with Crippen molar-refractivity contribution >= 4 is 31.5 Å². The summed E-state index contributed by atoms with van der Waals surface area (Å²) in [5.41, 5.74) is 22.2. The molecule has 4 heterocycles. The number of aromatic nitrogens is 3. The molecule has 0 saturated carbocycles. The molecule has 13 aromatic rings. The number of thiophene rings is 1. The lowest BCUT2D eigenvalue weighted by Gasteiger charge is -2.19. The number of hydrogen-bond donors (Lipinski definition) is 0. The minimum Gasteiger partial charge on any atom is -0.256 e. The molecule has 0 bridgehead atoms. The number of hydrogen-bond acceptors (Lipinski definition) is 4. The third-order valence-electron chi connectivity index (χ3n) is 13.9. The lowest BCUT2D eigenvalue weighted by atomic mass is 9.84. The van der Waals surface area contributed by atoms with Gasteiger partial charge in [0, 0.05) is 55.5 Å². The molecule has 0 unspecified atom stereocenters. The van der Waals surface area contributed by atoms with Crippen LogP contribution in [0, 0.1) is 0 Å². The van der Waals surface area contributed by atoms with Gasteiger partial charge in [-0.25, -0.2) is 0 Å². The molecule has 0 aliphatic carbocycles. The van der Waals surface area contributed by atoms with Crippen molar-refractivity contribution in [3.8, 4) is 112 Å². The first-order chi connectivity index (χ1) is 36.2. The Morgan fingerprint density at radius 3 is 1.08 bits per heavy atom. The monoisotopic (exact) mass is 947 g/mol. The van der Waals surface area contributed by atoms with Gasteiger partial charge in [-0.3, -0.25) is 15.0 Å². The first-order valence-electron chi connectivity index (χ1n) is 24.6. The second-order valence-electron chi connectivity index (χ2n) is 18.3. The standard InChI is InChI=1S/C69H45N3S/c1-3-17-57(55(15-1)46-26-30-48(31-27-46)65-22-9-12-38-70-65)52-41-53(58-18-4-2-16-56(58)47-28-32-49(33-29-47)66-23-10-13-39-71-66)43-54(42-52)59-19-5-6-20-60(59)61-36-35-51(67-24-11-14-40-72-67)44-64(61)50-34-37-63-62-21-7-8-25-68(62)73-69(63)45-50/h1-45H. The Balaban J connectivity index is 0.999. The van der Waals surface area contributed by atoms with Crippen molar-refractivity contribution in [1.29, 1.82) is 0 Å². The van der Waals surface area contributed by atoms with E-state index in [0.29, 0.717) is 0 Å². The molecule has 73 heavy (non-hydrogen) atoms. The lowest BCUT2D eigenvalue weighted by Crippen LogP contribution is -1.94. The van der Waals surface area contributed by atoms with Crippen molar-refractivity contribution < 1.29 is 0 Å². The number of nitrogens with zero attached hydrogens (tertiary/aromatic N) is 3. The van der Waals surface area contributed by atoms with E-state index in [4.69, 9.17) is 4.98 Å². The van der Waals surface area contributed by atoms with Crippen LogP contribution in [0.3, 0.4) is 0 Å². The van der Waals surface area contributed by atoms with Gasteiger partial charge in [-0.2, -0.15) is 0 Å². The number of fused-ring (bicyclic) bond motifs is 3. The molecule has 0 aliphatic heterocycles. The smallest absolute Gasteiger partial charge is 0.0702 e. The molecule has 3 nitrogen and oxygen atoms in total. The van der Waals surface area contributed by atoms with Crippen molar-refractivity contribution in [1.82, 2.24) is 15.0 Å². The maximum atomic E-state index is 4.80. The maximum absolute atomic E-state index is 4.80. The summed E-state index contributed by atoms with van der Waals surface area (Å²) in [6, 6.07) is 92.0. The van der Waals surface area contributed by atoms with E-state index in [2.05, 4.69) is 234 Å². The summed E-state index contributed by atoms with van der Waals surface area (Å²) < 4.78 is 2.57. The Hall–Kier alpha value is -9.35. The Kier molecular flexibility index (Phi) is 11.4. The van der Waals surface area contributed by atoms with Gasteiger partial charge in [0.25, 0.3) is 0 Å². The largest absolute Gasteiger partial charge is 0.256 e. The van der Waals surface area contributed by atoms with Crippen LogP contribution in [-0.4, -0.2) is 15.0 Å². The molecule has 0 radical (unpaired) electrons. The molecule has 0 amide bonds. The van der Waals surface area contributed by atoms with E-state index in [9.17, 15) is 0 Å². The third kappa shape index (κ3) is 8.50. The summed E-state index contributed by atoms with van der Waals surface area (Å²) in [5, 5.41) is 2.58. The van der Waals surface area contributed by atoms with Gasteiger partial charge in [-0.15, -0.1) is 11.3 Å². The summed E-state index contributed by atoms with van der Waals surface area (Å²) in [6.07, 6.45) is 5.57. The van der Waals surface area contributed by atoms with Crippen LogP contribution < -0.4 is 0 Å². The quantitative estimate of drug-likeness (QED) is 0.137. The second kappa shape index (κ2) is 19.1. The summed E-state index contributed by atoms with van der Waals surface area (Å²) in [6.45, 7) is 0. The van der Waals surface area contributed by atoms with Crippen LogP contribution in [0.5, 0.6) is 0 Å². The zero-order chi connectivity index (χ0) is 48.5. The van der Waals surface area contributed by atoms with E-state index >= 15 is 0 Å². The Labute approximate surface area is 429 Å². The molecule has 13 rings (SSSR count). The Morgan fingerprint density at radius 1 is 0.205 bits per heavy atom. The molecule has 0 aliphatic rings. The molecular weight excluding hydrogens is 903 g/mol. The predicted molar refractivity (Wildman–Crippen MR) is 307 cm³/mol. The van der Waals surface area contributed by atoms with Crippen LogP contribution in [0.15, 0.2) is 273 Å². The van der Waals surface area contributed by atoms with E-state index in [1.807, 2.05) is 60.3 Å². The topological polar surface area (TPSA) is 38.7 Å². The second-order valence-corrected chi connectivity index (χ2v) is 19.4. The van der Waals surface area contributed by atoms with Crippen LogP contribution in [0.4, 0.5) is 0 Å². The summed E-state index contributed by atoms with van der Waals surface area (Å²) in [4.78, 5) is 14.0. The zero-order valence-electron chi connectivity index (χ0n) is 39.7. The van der Waals surface area contributed by atoms with Crippen LogP contribution in [0.25, 0.3) is 132 Å². The van der Waals surface area contributed by atoms with Gasteiger partial charge < -0.3 is 0 Å². The minimum absolute atomic E-state index is 0.943. The molecule has 4 aromatic heterocycles. The molecule has 0 spiro atoms. The van der Waals surface area contributed by atoms with Crippen molar-refractivity contribution in [3.63, 3.8) is 0 Å². The molecule has 0 fully saturated rings. The highest BCUT2D eigenvalue weighted by Crippen LogP contribution is 2.46. The van der Waals surface area contributed by atoms with Crippen LogP contribution in [-0.2, 0) is 0 Å². The lowest BCUT2D eigenvalue weighted by molar-refractivity contribution is 1.33. The minimum atomic E-state index is 0.943.